The van der Waals surface area contributed by atoms with Crippen molar-refractivity contribution < 1.29 is 35.1 Å². The highest BCUT2D eigenvalue weighted by Gasteiger charge is 2.33. The Morgan fingerprint density at radius 3 is 2.52 bits per heavy atom. The fraction of sp³-hybridized carbons (Fsp3) is 0.409. The molecule has 2 aromatic rings. The molecule has 2 unspecified atom stereocenters. The number of ether oxygens (including phenoxy) is 1. The van der Waals surface area contributed by atoms with Crippen molar-refractivity contribution in [1.82, 2.24) is 0 Å². The summed E-state index contributed by atoms with van der Waals surface area (Å²) in [6.45, 7) is 2.04. The quantitative estimate of drug-likeness (QED) is 0.354. The molecule has 7 heteroatoms. The Morgan fingerprint density at radius 2 is 1.86 bits per heavy atom. The van der Waals surface area contributed by atoms with E-state index in [4.69, 9.17) is 4.74 Å². The zero-order valence-corrected chi connectivity index (χ0v) is 16.2. The van der Waals surface area contributed by atoms with Crippen LogP contribution in [0, 0.1) is 0 Å². The first-order valence-corrected chi connectivity index (χ1v) is 9.77. The Labute approximate surface area is 168 Å². The molecule has 0 bridgehead atoms. The van der Waals surface area contributed by atoms with Crippen molar-refractivity contribution in [2.45, 2.75) is 57.2 Å². The Bertz CT molecular complexity index is 893. The van der Waals surface area contributed by atoms with E-state index in [0.29, 0.717) is 28.9 Å². The summed E-state index contributed by atoms with van der Waals surface area (Å²) < 4.78 is 5.91. The first-order valence-electron chi connectivity index (χ1n) is 9.77. The molecule has 29 heavy (non-hydrogen) atoms. The number of benzene rings is 2. The summed E-state index contributed by atoms with van der Waals surface area (Å²) >= 11 is 0. The highest BCUT2D eigenvalue weighted by Crippen LogP contribution is 2.43. The van der Waals surface area contributed by atoms with Crippen molar-refractivity contribution in [1.29, 1.82) is 0 Å². The summed E-state index contributed by atoms with van der Waals surface area (Å²) in [5.74, 6) is -2.13. The van der Waals surface area contributed by atoms with Gasteiger partial charge in [-0.1, -0.05) is 32.3 Å². The number of carboxylic acids is 1. The summed E-state index contributed by atoms with van der Waals surface area (Å²) in [5, 5.41) is 49.8. The molecule has 0 saturated heterocycles. The number of hydrogen-bond acceptors (Lipinski definition) is 6. The Hall–Kier alpha value is -2.93. The molecular weight excluding hydrogens is 376 g/mol. The predicted molar refractivity (Wildman–Crippen MR) is 105 cm³/mol. The lowest BCUT2D eigenvalue weighted by Gasteiger charge is -2.32. The van der Waals surface area contributed by atoms with E-state index in [1.807, 2.05) is 6.92 Å². The minimum absolute atomic E-state index is 0.106. The first kappa shape index (κ1) is 20.8. The summed E-state index contributed by atoms with van der Waals surface area (Å²) in [6, 6.07) is 7.19. The molecule has 7 nitrogen and oxygen atoms in total. The van der Waals surface area contributed by atoms with Gasteiger partial charge in [-0.25, -0.2) is 0 Å². The molecule has 3 rings (SSSR count). The maximum Gasteiger partial charge on any atom is 0.310 e. The highest BCUT2D eigenvalue weighted by molar-refractivity contribution is 5.76. The maximum atomic E-state index is 11.8. The molecule has 5 N–H and O–H groups in total. The minimum Gasteiger partial charge on any atom is -0.508 e. The number of aliphatic hydroxyl groups is 1. The van der Waals surface area contributed by atoms with Gasteiger partial charge in [-0.3, -0.25) is 4.79 Å². The van der Waals surface area contributed by atoms with Gasteiger partial charge in [-0.05, 0) is 41.8 Å². The lowest BCUT2D eigenvalue weighted by molar-refractivity contribution is -0.139. The molecule has 0 aromatic heterocycles. The zero-order valence-electron chi connectivity index (χ0n) is 16.2. The van der Waals surface area contributed by atoms with Gasteiger partial charge < -0.3 is 30.3 Å². The lowest BCUT2D eigenvalue weighted by atomic mass is 9.88. The molecule has 1 heterocycles. The molecule has 0 radical (unpaired) electrons. The first-order chi connectivity index (χ1) is 13.8. The van der Waals surface area contributed by atoms with Gasteiger partial charge in [0.2, 0.25) is 0 Å². The van der Waals surface area contributed by atoms with E-state index >= 15 is 0 Å². The smallest absolute Gasteiger partial charge is 0.310 e. The Balaban J connectivity index is 1.93. The van der Waals surface area contributed by atoms with E-state index in [1.54, 1.807) is 6.07 Å². The molecule has 1 aliphatic rings. The van der Waals surface area contributed by atoms with Crippen LogP contribution in [0.1, 0.15) is 61.3 Å². The number of carboxylic acid groups (broad SMARTS) is 1. The van der Waals surface area contributed by atoms with Crippen LogP contribution in [-0.2, 0) is 11.2 Å². The van der Waals surface area contributed by atoms with Crippen LogP contribution < -0.4 is 4.74 Å². The normalized spacial score (nSPS) is 19.2. The van der Waals surface area contributed by atoms with Gasteiger partial charge in [0.15, 0.2) is 11.5 Å². The fourth-order valence-electron chi connectivity index (χ4n) is 3.73. The number of rotatable bonds is 7. The molecular formula is C22H26O7. The van der Waals surface area contributed by atoms with Crippen molar-refractivity contribution in [3.05, 3.63) is 47.0 Å². The van der Waals surface area contributed by atoms with Gasteiger partial charge in [0.25, 0.3) is 0 Å². The molecule has 1 aliphatic heterocycles. The SMILES string of the molecule is CCCCCC(C(=O)O)c1cc(O)c2c(c1)OC(c1ccc(O)c(O)c1)[C@@H](O)C2. The van der Waals surface area contributed by atoms with Crippen LogP contribution in [0.3, 0.4) is 0 Å². The third-order valence-electron chi connectivity index (χ3n) is 5.35. The maximum absolute atomic E-state index is 11.8. The average Bonchev–Trinajstić information content (AvgIpc) is 2.67. The topological polar surface area (TPSA) is 127 Å². The molecule has 0 aliphatic carbocycles. The van der Waals surface area contributed by atoms with E-state index in [2.05, 4.69) is 0 Å². The number of aromatic hydroxyl groups is 3. The van der Waals surface area contributed by atoms with Crippen molar-refractivity contribution in [3.63, 3.8) is 0 Å². The lowest BCUT2D eigenvalue weighted by Crippen LogP contribution is -2.30. The number of carbonyl (C=O) groups is 1. The van der Waals surface area contributed by atoms with Crippen LogP contribution in [0.15, 0.2) is 30.3 Å². The number of aliphatic carboxylic acids is 1. The third kappa shape index (κ3) is 4.40. The minimum atomic E-state index is -0.983. The van der Waals surface area contributed by atoms with Crippen molar-refractivity contribution >= 4 is 5.97 Å². The number of hydrogen-bond donors (Lipinski definition) is 5. The van der Waals surface area contributed by atoms with Gasteiger partial charge in [0.05, 0.1) is 12.0 Å². The molecule has 3 atom stereocenters. The monoisotopic (exact) mass is 402 g/mol. The summed E-state index contributed by atoms with van der Waals surface area (Å²) in [5.41, 5.74) is 1.33. The number of fused-ring (bicyclic) bond motifs is 1. The van der Waals surface area contributed by atoms with Crippen molar-refractivity contribution in [2.24, 2.45) is 0 Å². The molecule has 0 amide bonds. The van der Waals surface area contributed by atoms with Gasteiger partial charge in [0.1, 0.15) is 17.6 Å². The summed E-state index contributed by atoms with van der Waals surface area (Å²) in [4.78, 5) is 11.8. The molecule has 2 aromatic carbocycles. The van der Waals surface area contributed by atoms with Crippen LogP contribution in [0.5, 0.6) is 23.0 Å². The number of aliphatic hydroxyl groups excluding tert-OH is 1. The summed E-state index contributed by atoms with van der Waals surface area (Å²) in [6.07, 6.45) is 1.43. The van der Waals surface area contributed by atoms with E-state index in [0.717, 1.165) is 19.3 Å². The fourth-order valence-corrected chi connectivity index (χ4v) is 3.73. The Morgan fingerprint density at radius 1 is 1.10 bits per heavy atom. The Kier molecular flexibility index (Phi) is 6.17. The second-order valence-corrected chi connectivity index (χ2v) is 7.46. The van der Waals surface area contributed by atoms with Crippen LogP contribution in [0.4, 0.5) is 0 Å². The van der Waals surface area contributed by atoms with E-state index in [1.165, 1.54) is 24.3 Å². The molecule has 156 valence electrons. The molecule has 0 saturated carbocycles. The van der Waals surface area contributed by atoms with Gasteiger partial charge >= 0.3 is 5.97 Å². The standard InChI is InChI=1S/C22H26O7/c1-2-3-4-5-14(22(27)28)13-9-17(24)15-11-19(26)21(29-20(15)10-13)12-6-7-16(23)18(25)8-12/h6-10,14,19,21,23-26H,2-5,11H2,1H3,(H,27,28)/t14?,19-,21?/m0/s1. The van der Waals surface area contributed by atoms with E-state index in [-0.39, 0.29) is 23.7 Å². The van der Waals surface area contributed by atoms with Crippen LogP contribution >= 0.6 is 0 Å². The molecule has 0 spiro atoms. The van der Waals surface area contributed by atoms with E-state index in [9.17, 15) is 30.3 Å². The van der Waals surface area contributed by atoms with Crippen LogP contribution in [0.2, 0.25) is 0 Å². The number of unbranched alkanes of at least 4 members (excludes halogenated alkanes) is 2. The third-order valence-corrected chi connectivity index (χ3v) is 5.35. The second kappa shape index (κ2) is 8.61. The van der Waals surface area contributed by atoms with Gasteiger partial charge in [-0.2, -0.15) is 0 Å². The number of phenolic OH excluding ortho intramolecular Hbond substituents is 3. The van der Waals surface area contributed by atoms with Gasteiger partial charge in [-0.15, -0.1) is 0 Å². The van der Waals surface area contributed by atoms with E-state index < -0.39 is 24.1 Å². The number of phenols is 3. The largest absolute Gasteiger partial charge is 0.508 e. The van der Waals surface area contributed by atoms with Crippen LogP contribution in [0.25, 0.3) is 0 Å². The van der Waals surface area contributed by atoms with Crippen molar-refractivity contribution in [2.75, 3.05) is 0 Å². The second-order valence-electron chi connectivity index (χ2n) is 7.46. The highest BCUT2D eigenvalue weighted by atomic mass is 16.5. The summed E-state index contributed by atoms with van der Waals surface area (Å²) in [7, 11) is 0. The van der Waals surface area contributed by atoms with Crippen LogP contribution in [-0.4, -0.2) is 37.6 Å². The van der Waals surface area contributed by atoms with Crippen molar-refractivity contribution in [3.8, 4) is 23.0 Å². The average molecular weight is 402 g/mol. The predicted octanol–water partition coefficient (Wildman–Crippen LogP) is 3.59. The van der Waals surface area contributed by atoms with Gasteiger partial charge in [0, 0.05) is 12.0 Å². The zero-order chi connectivity index (χ0) is 21.1. The molecule has 0 fully saturated rings.